The molecule has 7 heteroatoms. The molecule has 0 radical (unpaired) electrons. The van der Waals surface area contributed by atoms with E-state index in [9.17, 15) is 4.79 Å². The molecule has 3 heterocycles. The van der Waals surface area contributed by atoms with Gasteiger partial charge in [-0.15, -0.1) is 0 Å². The van der Waals surface area contributed by atoms with Gasteiger partial charge in [0.05, 0.1) is 11.3 Å². The first-order valence-corrected chi connectivity index (χ1v) is 9.49. The minimum atomic E-state index is 0.183. The Kier molecular flexibility index (Phi) is 4.51. The fraction of sp³-hybridized carbons (Fsp3) is 0.529. The zero-order valence-corrected chi connectivity index (χ0v) is 14.3. The lowest BCUT2D eigenvalue weighted by Gasteiger charge is -2.26. The van der Waals surface area contributed by atoms with Gasteiger partial charge in [-0.2, -0.15) is 4.98 Å². The van der Waals surface area contributed by atoms with Gasteiger partial charge in [-0.1, -0.05) is 16.9 Å². The highest BCUT2D eigenvalue weighted by Crippen LogP contribution is 2.40. The zero-order chi connectivity index (χ0) is 16.4. The van der Waals surface area contributed by atoms with Crippen LogP contribution in [-0.4, -0.2) is 44.8 Å². The van der Waals surface area contributed by atoms with Crippen molar-refractivity contribution in [3.63, 3.8) is 0 Å². The second-order valence-corrected chi connectivity index (χ2v) is 7.28. The van der Waals surface area contributed by atoms with Crippen molar-refractivity contribution < 1.29 is 9.32 Å². The van der Waals surface area contributed by atoms with Gasteiger partial charge in [-0.3, -0.25) is 4.79 Å². The summed E-state index contributed by atoms with van der Waals surface area (Å²) in [5, 5.41) is 4.87. The van der Waals surface area contributed by atoms with E-state index in [2.05, 4.69) is 15.1 Å². The lowest BCUT2D eigenvalue weighted by Crippen LogP contribution is -2.36. The number of carbonyl (C=O) groups is 1. The molecule has 0 bridgehead atoms. The van der Waals surface area contributed by atoms with Gasteiger partial charge < -0.3 is 9.42 Å². The molecule has 0 spiro atoms. The summed E-state index contributed by atoms with van der Waals surface area (Å²) in [4.78, 5) is 23.2. The fourth-order valence-electron chi connectivity index (χ4n) is 2.88. The van der Waals surface area contributed by atoms with Crippen molar-refractivity contribution in [2.45, 2.75) is 43.0 Å². The van der Waals surface area contributed by atoms with Gasteiger partial charge in [0.15, 0.2) is 0 Å². The zero-order valence-electron chi connectivity index (χ0n) is 13.5. The predicted molar refractivity (Wildman–Crippen MR) is 90.7 cm³/mol. The minimum Gasteiger partial charge on any atom is -0.342 e. The molecule has 1 amide bonds. The number of piperidine rings is 1. The summed E-state index contributed by atoms with van der Waals surface area (Å²) >= 11 is 1.45. The Morgan fingerprint density at radius 3 is 2.92 bits per heavy atom. The summed E-state index contributed by atoms with van der Waals surface area (Å²) in [6, 6.07) is 3.79. The molecule has 2 aromatic heterocycles. The molecule has 6 nitrogen and oxygen atoms in total. The van der Waals surface area contributed by atoms with Crippen LogP contribution < -0.4 is 0 Å². The number of hydrogen-bond acceptors (Lipinski definition) is 6. The molecule has 0 N–H and O–H groups in total. The molecule has 0 aromatic carbocycles. The van der Waals surface area contributed by atoms with E-state index in [0.29, 0.717) is 23.4 Å². The summed E-state index contributed by atoms with van der Waals surface area (Å²) in [7, 11) is 0. The van der Waals surface area contributed by atoms with Crippen LogP contribution in [0.5, 0.6) is 0 Å². The number of pyridine rings is 1. The van der Waals surface area contributed by atoms with E-state index in [4.69, 9.17) is 4.52 Å². The highest BCUT2D eigenvalue weighted by atomic mass is 32.2. The van der Waals surface area contributed by atoms with Gasteiger partial charge >= 0.3 is 0 Å². The van der Waals surface area contributed by atoms with E-state index in [0.717, 1.165) is 49.4 Å². The first kappa shape index (κ1) is 15.6. The lowest BCUT2D eigenvalue weighted by atomic mass is 10.1. The van der Waals surface area contributed by atoms with Crippen molar-refractivity contribution in [3.8, 4) is 11.4 Å². The van der Waals surface area contributed by atoms with Crippen LogP contribution >= 0.6 is 11.8 Å². The lowest BCUT2D eigenvalue weighted by molar-refractivity contribution is -0.129. The number of rotatable bonds is 5. The van der Waals surface area contributed by atoms with E-state index in [1.807, 2.05) is 17.0 Å². The molecule has 2 aliphatic rings. The van der Waals surface area contributed by atoms with Crippen molar-refractivity contribution >= 4 is 17.7 Å². The van der Waals surface area contributed by atoms with Crippen molar-refractivity contribution in [1.29, 1.82) is 0 Å². The number of hydrogen-bond donors (Lipinski definition) is 0. The molecule has 24 heavy (non-hydrogen) atoms. The van der Waals surface area contributed by atoms with E-state index < -0.39 is 0 Å². The third-order valence-electron chi connectivity index (χ3n) is 4.42. The van der Waals surface area contributed by atoms with Crippen molar-refractivity contribution in [3.05, 3.63) is 24.2 Å². The summed E-state index contributed by atoms with van der Waals surface area (Å²) in [6.45, 7) is 1.76. The van der Waals surface area contributed by atoms with Crippen LogP contribution in [0.1, 0.15) is 43.9 Å². The molecule has 4 rings (SSSR count). The second kappa shape index (κ2) is 6.93. The monoisotopic (exact) mass is 344 g/mol. The largest absolute Gasteiger partial charge is 0.342 e. The maximum atomic E-state index is 12.3. The molecule has 0 unspecified atom stereocenters. The van der Waals surface area contributed by atoms with Gasteiger partial charge in [0.25, 0.3) is 0 Å². The number of thioether (sulfide) groups is 1. The number of nitrogens with zero attached hydrogens (tertiary/aromatic N) is 4. The number of amides is 1. The van der Waals surface area contributed by atoms with Gasteiger partial charge in [-0.05, 0) is 44.2 Å². The van der Waals surface area contributed by atoms with Crippen LogP contribution in [-0.2, 0) is 4.79 Å². The maximum absolute atomic E-state index is 12.3. The molecule has 1 aliphatic carbocycles. The summed E-state index contributed by atoms with van der Waals surface area (Å²) in [5.41, 5.74) is 0.838. The number of carbonyl (C=O) groups excluding carboxylic acids is 1. The standard InChI is InChI=1S/C17H20N4O2S/c22-14(21-9-2-1-3-10-21)11-24-17-13(5-4-8-18-17)15-19-16(23-20-15)12-6-7-12/h4-5,8,12H,1-3,6-7,9-11H2. The van der Waals surface area contributed by atoms with Gasteiger partial charge in [-0.25, -0.2) is 4.98 Å². The van der Waals surface area contributed by atoms with E-state index in [1.165, 1.54) is 18.2 Å². The third kappa shape index (κ3) is 3.45. The van der Waals surface area contributed by atoms with Crippen molar-refractivity contribution in [1.82, 2.24) is 20.0 Å². The smallest absolute Gasteiger partial charge is 0.232 e. The highest BCUT2D eigenvalue weighted by molar-refractivity contribution is 8.00. The molecular formula is C17H20N4O2S. The molecule has 1 aliphatic heterocycles. The minimum absolute atomic E-state index is 0.183. The molecule has 2 aromatic rings. The summed E-state index contributed by atoms with van der Waals surface area (Å²) < 4.78 is 5.35. The van der Waals surface area contributed by atoms with Crippen LogP contribution in [0.2, 0.25) is 0 Å². The van der Waals surface area contributed by atoms with E-state index in [-0.39, 0.29) is 5.91 Å². The molecule has 1 saturated heterocycles. The molecule has 0 atom stereocenters. The average molecular weight is 344 g/mol. The molecular weight excluding hydrogens is 324 g/mol. The van der Waals surface area contributed by atoms with Crippen molar-refractivity contribution in [2.24, 2.45) is 0 Å². The Morgan fingerprint density at radius 1 is 1.29 bits per heavy atom. The van der Waals surface area contributed by atoms with Crippen molar-refractivity contribution in [2.75, 3.05) is 18.8 Å². The predicted octanol–water partition coefficient (Wildman–Crippen LogP) is 3.11. The molecule has 126 valence electrons. The van der Waals surface area contributed by atoms with Gasteiger partial charge in [0, 0.05) is 25.2 Å². The Bertz CT molecular complexity index is 723. The number of aromatic nitrogens is 3. The first-order chi connectivity index (χ1) is 11.8. The topological polar surface area (TPSA) is 72.1 Å². The normalized spacial score (nSPS) is 17.9. The highest BCUT2D eigenvalue weighted by Gasteiger charge is 2.30. The Balaban J connectivity index is 1.45. The average Bonchev–Trinajstić information content (AvgIpc) is 3.38. The maximum Gasteiger partial charge on any atom is 0.232 e. The summed E-state index contributed by atoms with van der Waals surface area (Å²) in [6.07, 6.45) is 7.43. The second-order valence-electron chi connectivity index (χ2n) is 6.32. The van der Waals surface area contributed by atoms with E-state index >= 15 is 0 Å². The Morgan fingerprint density at radius 2 is 2.12 bits per heavy atom. The van der Waals surface area contributed by atoms with Crippen LogP contribution in [0.15, 0.2) is 27.9 Å². The van der Waals surface area contributed by atoms with Gasteiger partial charge in [0.1, 0.15) is 5.03 Å². The molecule has 1 saturated carbocycles. The van der Waals surface area contributed by atoms with Crippen LogP contribution in [0.4, 0.5) is 0 Å². The first-order valence-electron chi connectivity index (χ1n) is 8.51. The van der Waals surface area contributed by atoms with Gasteiger partial charge in [0.2, 0.25) is 17.6 Å². The number of likely N-dealkylation sites (tertiary alicyclic amines) is 1. The van der Waals surface area contributed by atoms with Crippen LogP contribution in [0.25, 0.3) is 11.4 Å². The third-order valence-corrected chi connectivity index (χ3v) is 5.41. The summed E-state index contributed by atoms with van der Waals surface area (Å²) in [5.74, 6) is 2.30. The van der Waals surface area contributed by atoms with Crippen LogP contribution in [0.3, 0.4) is 0 Å². The Hall–Kier alpha value is -1.89. The SMILES string of the molecule is O=C(CSc1ncccc1-c1noc(C2CC2)n1)N1CCCCC1. The van der Waals surface area contributed by atoms with E-state index in [1.54, 1.807) is 6.20 Å². The van der Waals surface area contributed by atoms with Crippen LogP contribution in [0, 0.1) is 0 Å². The Labute approximate surface area is 145 Å². The molecule has 2 fully saturated rings. The quantitative estimate of drug-likeness (QED) is 0.776. The fourth-order valence-corrected chi connectivity index (χ4v) is 3.77.